The number of hydrogen-bond acceptors (Lipinski definition) is 8. The number of aliphatic hydroxyl groups is 1. The zero-order chi connectivity index (χ0) is 28.8. The maximum absolute atomic E-state index is 12.9. The molecule has 0 aromatic heterocycles. The largest absolute Gasteiger partial charge is 0.493 e. The summed E-state index contributed by atoms with van der Waals surface area (Å²) in [5.41, 5.74) is 4.65. The van der Waals surface area contributed by atoms with Crippen molar-refractivity contribution in [3.63, 3.8) is 0 Å². The predicted octanol–water partition coefficient (Wildman–Crippen LogP) is 5.38. The Hall–Kier alpha value is -4.69. The van der Waals surface area contributed by atoms with E-state index in [0.717, 1.165) is 22.3 Å². The van der Waals surface area contributed by atoms with Crippen LogP contribution in [-0.4, -0.2) is 42.8 Å². The Morgan fingerprint density at radius 3 is 2.10 bits per heavy atom. The molecule has 0 saturated carbocycles. The highest BCUT2D eigenvalue weighted by molar-refractivity contribution is 5.94. The number of aliphatic hydroxyl groups excluding tert-OH is 1. The van der Waals surface area contributed by atoms with Crippen molar-refractivity contribution in [1.29, 1.82) is 0 Å². The topological polar surface area (TPSA) is 108 Å². The summed E-state index contributed by atoms with van der Waals surface area (Å²) in [7, 11) is 0. The Morgan fingerprint density at radius 2 is 1.43 bits per heavy atom. The van der Waals surface area contributed by atoms with Gasteiger partial charge in [-0.15, -0.1) is 0 Å². The fraction of sp³-hybridized carbons (Fsp3) is 0.219. The molecule has 8 nitrogen and oxygen atoms in total. The summed E-state index contributed by atoms with van der Waals surface area (Å²) in [5.74, 6) is -0.309. The number of rotatable bonds is 11. The molecule has 0 spiro atoms. The van der Waals surface area contributed by atoms with Gasteiger partial charge in [-0.05, 0) is 77.7 Å². The van der Waals surface area contributed by atoms with Crippen LogP contribution in [0.15, 0.2) is 85.0 Å². The van der Waals surface area contributed by atoms with Crippen molar-refractivity contribution in [1.82, 2.24) is 0 Å². The van der Waals surface area contributed by atoms with Gasteiger partial charge in [-0.25, -0.2) is 14.4 Å². The molecule has 1 unspecified atom stereocenters. The van der Waals surface area contributed by atoms with Crippen molar-refractivity contribution in [2.24, 2.45) is 0 Å². The van der Waals surface area contributed by atoms with Crippen molar-refractivity contribution in [2.75, 3.05) is 19.8 Å². The SMILES string of the molecule is C=C(C)C(=O)OCCCOc1ccc(OC(=O)c2ccc3c(c2)C(C)c2cc(OC(=O)C(=C)CO)ccc2-3)cc1. The van der Waals surface area contributed by atoms with E-state index in [4.69, 9.17) is 24.1 Å². The lowest BCUT2D eigenvalue weighted by Gasteiger charge is -2.10. The lowest BCUT2D eigenvalue weighted by atomic mass is 9.98. The Kier molecular flexibility index (Phi) is 8.81. The molecule has 0 saturated heterocycles. The molecule has 1 aliphatic carbocycles. The second-order valence-electron chi connectivity index (χ2n) is 9.40. The highest BCUT2D eigenvalue weighted by Gasteiger charge is 2.27. The Balaban J connectivity index is 1.35. The molecular formula is C32H30O8. The summed E-state index contributed by atoms with van der Waals surface area (Å²) >= 11 is 0. The first-order valence-corrected chi connectivity index (χ1v) is 12.7. The van der Waals surface area contributed by atoms with Gasteiger partial charge in [0.25, 0.3) is 0 Å². The summed E-state index contributed by atoms with van der Waals surface area (Å²) in [6, 6.07) is 17.5. The van der Waals surface area contributed by atoms with Crippen LogP contribution < -0.4 is 14.2 Å². The fourth-order valence-corrected chi connectivity index (χ4v) is 4.22. The second-order valence-corrected chi connectivity index (χ2v) is 9.40. The third-order valence-corrected chi connectivity index (χ3v) is 6.40. The van der Waals surface area contributed by atoms with E-state index < -0.39 is 24.5 Å². The number of carbonyl (C=O) groups is 3. The molecule has 1 aliphatic rings. The molecule has 0 amide bonds. The number of hydrogen-bond donors (Lipinski definition) is 1. The van der Waals surface area contributed by atoms with E-state index in [9.17, 15) is 14.4 Å². The monoisotopic (exact) mass is 542 g/mol. The molecule has 8 heteroatoms. The molecular weight excluding hydrogens is 512 g/mol. The van der Waals surface area contributed by atoms with Gasteiger partial charge >= 0.3 is 17.9 Å². The molecule has 3 aromatic carbocycles. The number of benzene rings is 3. The molecule has 0 fully saturated rings. The highest BCUT2D eigenvalue weighted by Crippen LogP contribution is 2.46. The van der Waals surface area contributed by atoms with Crippen LogP contribution in [0.25, 0.3) is 11.1 Å². The van der Waals surface area contributed by atoms with Crippen molar-refractivity contribution in [3.8, 4) is 28.4 Å². The summed E-state index contributed by atoms with van der Waals surface area (Å²) < 4.78 is 21.6. The predicted molar refractivity (Wildman–Crippen MR) is 149 cm³/mol. The lowest BCUT2D eigenvalue weighted by molar-refractivity contribution is -0.139. The zero-order valence-electron chi connectivity index (χ0n) is 22.4. The van der Waals surface area contributed by atoms with E-state index in [1.54, 1.807) is 49.4 Å². The Labute approximate surface area is 232 Å². The standard InChI is InChI=1S/C32H30O8/c1-19(2)30(34)38-15-5-14-37-23-7-9-24(10-8-23)39-32(36)22-6-12-26-27-13-11-25(40-31(35)20(3)18-33)17-29(27)21(4)28(26)16-22/h6-13,16-17,21,33H,1,3,5,14-15,18H2,2,4H3. The van der Waals surface area contributed by atoms with E-state index in [1.165, 1.54) is 0 Å². The molecule has 4 rings (SSSR count). The summed E-state index contributed by atoms with van der Waals surface area (Å²) in [6.45, 7) is 10.7. The molecule has 40 heavy (non-hydrogen) atoms. The normalized spacial score (nSPS) is 13.0. The van der Waals surface area contributed by atoms with Crippen LogP contribution >= 0.6 is 0 Å². The minimum absolute atomic E-state index is 0.0269. The number of ether oxygens (including phenoxy) is 4. The maximum atomic E-state index is 12.9. The van der Waals surface area contributed by atoms with Gasteiger partial charge in [0.1, 0.15) is 17.2 Å². The van der Waals surface area contributed by atoms with Gasteiger partial charge in [-0.3, -0.25) is 0 Å². The summed E-state index contributed by atoms with van der Waals surface area (Å²) in [4.78, 5) is 36.3. The van der Waals surface area contributed by atoms with Crippen LogP contribution in [0.5, 0.6) is 17.2 Å². The summed E-state index contributed by atoms with van der Waals surface area (Å²) in [6.07, 6.45) is 0.530. The molecule has 1 atom stereocenters. The average molecular weight is 543 g/mol. The van der Waals surface area contributed by atoms with Gasteiger partial charge < -0.3 is 24.1 Å². The van der Waals surface area contributed by atoms with E-state index in [1.807, 2.05) is 25.1 Å². The average Bonchev–Trinajstić information content (AvgIpc) is 3.23. The molecule has 0 aliphatic heterocycles. The van der Waals surface area contributed by atoms with Gasteiger partial charge in [0.2, 0.25) is 0 Å². The van der Waals surface area contributed by atoms with Gasteiger partial charge in [-0.1, -0.05) is 32.2 Å². The molecule has 0 heterocycles. The van der Waals surface area contributed by atoms with Gasteiger partial charge in [0, 0.05) is 17.9 Å². The minimum atomic E-state index is -0.683. The quantitative estimate of drug-likeness (QED) is 0.149. The zero-order valence-corrected chi connectivity index (χ0v) is 22.4. The first kappa shape index (κ1) is 28.3. The van der Waals surface area contributed by atoms with Crippen molar-refractivity contribution in [2.45, 2.75) is 26.2 Å². The Bertz CT molecular complexity index is 1470. The van der Waals surface area contributed by atoms with Crippen molar-refractivity contribution >= 4 is 17.9 Å². The van der Waals surface area contributed by atoms with Crippen LogP contribution in [0.4, 0.5) is 0 Å². The van der Waals surface area contributed by atoms with E-state index in [-0.39, 0.29) is 18.1 Å². The second kappa shape index (κ2) is 12.4. The lowest BCUT2D eigenvalue weighted by Crippen LogP contribution is -2.13. The third-order valence-electron chi connectivity index (χ3n) is 6.40. The van der Waals surface area contributed by atoms with Crippen LogP contribution in [0.3, 0.4) is 0 Å². The van der Waals surface area contributed by atoms with Crippen LogP contribution in [0, 0.1) is 0 Å². The van der Waals surface area contributed by atoms with Gasteiger partial charge in [0.05, 0.1) is 31.0 Å². The number of esters is 3. The van der Waals surface area contributed by atoms with E-state index in [2.05, 4.69) is 13.2 Å². The van der Waals surface area contributed by atoms with Crippen molar-refractivity contribution in [3.05, 3.63) is 102 Å². The van der Waals surface area contributed by atoms with Gasteiger partial charge in [0.15, 0.2) is 0 Å². The number of carbonyl (C=O) groups excluding carboxylic acids is 3. The van der Waals surface area contributed by atoms with E-state index >= 15 is 0 Å². The fourth-order valence-electron chi connectivity index (χ4n) is 4.22. The highest BCUT2D eigenvalue weighted by atomic mass is 16.5. The molecule has 3 aromatic rings. The smallest absolute Gasteiger partial charge is 0.343 e. The third kappa shape index (κ3) is 6.47. The van der Waals surface area contributed by atoms with Crippen LogP contribution in [-0.2, 0) is 14.3 Å². The van der Waals surface area contributed by atoms with E-state index in [0.29, 0.717) is 41.4 Å². The van der Waals surface area contributed by atoms with Crippen molar-refractivity contribution < 1.29 is 38.4 Å². The maximum Gasteiger partial charge on any atom is 0.343 e. The van der Waals surface area contributed by atoms with Crippen LogP contribution in [0.1, 0.15) is 47.7 Å². The summed E-state index contributed by atoms with van der Waals surface area (Å²) in [5, 5.41) is 9.09. The first-order chi connectivity index (χ1) is 19.2. The first-order valence-electron chi connectivity index (χ1n) is 12.7. The van der Waals surface area contributed by atoms with Gasteiger partial charge in [-0.2, -0.15) is 0 Å². The van der Waals surface area contributed by atoms with Crippen LogP contribution in [0.2, 0.25) is 0 Å². The molecule has 0 radical (unpaired) electrons. The molecule has 1 N–H and O–H groups in total. The molecule has 206 valence electrons. The number of fused-ring (bicyclic) bond motifs is 3. The minimum Gasteiger partial charge on any atom is -0.493 e. The molecule has 0 bridgehead atoms. The Morgan fingerprint density at radius 1 is 0.800 bits per heavy atom.